The lowest BCUT2D eigenvalue weighted by Gasteiger charge is -2.05. The fourth-order valence-electron chi connectivity index (χ4n) is 1.90. The molecule has 22 heavy (non-hydrogen) atoms. The van der Waals surface area contributed by atoms with Gasteiger partial charge < -0.3 is 4.74 Å². The summed E-state index contributed by atoms with van der Waals surface area (Å²) in [6.07, 6.45) is 4.52. The van der Waals surface area contributed by atoms with E-state index in [9.17, 15) is 8.78 Å². The molecule has 2 heterocycles. The first-order valence-corrected chi connectivity index (χ1v) is 6.95. The van der Waals surface area contributed by atoms with Crippen molar-refractivity contribution in [2.75, 3.05) is 7.11 Å². The maximum Gasteiger partial charge on any atom is 0.166 e. The standard InChI is InChI=1S/C14H9BrF2N4O/c1-22-9-4-8(5-18-6-9)12-7-21(20-19-12)14-11(16)3-2-10(15)13(14)17/h2-7H,1H3. The average Bonchev–Trinajstić information content (AvgIpc) is 3.01. The number of aromatic nitrogens is 4. The van der Waals surface area contributed by atoms with Crippen molar-refractivity contribution in [1.29, 1.82) is 0 Å². The third kappa shape index (κ3) is 2.57. The highest BCUT2D eigenvalue weighted by atomic mass is 79.9. The number of hydrogen-bond acceptors (Lipinski definition) is 4. The van der Waals surface area contributed by atoms with Gasteiger partial charge in [-0.1, -0.05) is 5.21 Å². The molecule has 8 heteroatoms. The molecule has 2 aromatic heterocycles. The summed E-state index contributed by atoms with van der Waals surface area (Å²) >= 11 is 3.02. The Balaban J connectivity index is 2.06. The van der Waals surface area contributed by atoms with Crippen LogP contribution in [-0.4, -0.2) is 27.1 Å². The highest BCUT2D eigenvalue weighted by molar-refractivity contribution is 9.10. The van der Waals surface area contributed by atoms with Crippen LogP contribution in [0.25, 0.3) is 16.9 Å². The summed E-state index contributed by atoms with van der Waals surface area (Å²) < 4.78 is 34.2. The van der Waals surface area contributed by atoms with E-state index < -0.39 is 11.6 Å². The summed E-state index contributed by atoms with van der Waals surface area (Å²) in [7, 11) is 1.52. The molecular formula is C14H9BrF2N4O. The Labute approximate surface area is 132 Å². The average molecular weight is 367 g/mol. The van der Waals surface area contributed by atoms with Crippen molar-refractivity contribution in [1.82, 2.24) is 20.0 Å². The van der Waals surface area contributed by atoms with E-state index in [0.29, 0.717) is 17.0 Å². The van der Waals surface area contributed by atoms with E-state index in [0.717, 1.165) is 10.7 Å². The van der Waals surface area contributed by atoms with E-state index in [1.807, 2.05) is 0 Å². The first-order chi connectivity index (χ1) is 10.6. The number of hydrogen-bond donors (Lipinski definition) is 0. The number of nitrogens with zero attached hydrogens (tertiary/aromatic N) is 4. The van der Waals surface area contributed by atoms with Crippen LogP contribution in [0.1, 0.15) is 0 Å². The molecule has 5 nitrogen and oxygen atoms in total. The molecule has 3 aromatic rings. The lowest BCUT2D eigenvalue weighted by atomic mass is 10.2. The van der Waals surface area contributed by atoms with Crippen LogP contribution in [0.3, 0.4) is 0 Å². The summed E-state index contributed by atoms with van der Waals surface area (Å²) in [5.74, 6) is -0.937. The molecule has 0 amide bonds. The third-order valence-electron chi connectivity index (χ3n) is 2.99. The van der Waals surface area contributed by atoms with Crippen molar-refractivity contribution in [2.45, 2.75) is 0 Å². The Morgan fingerprint density at radius 1 is 1.23 bits per heavy atom. The van der Waals surface area contributed by atoms with Crippen LogP contribution in [0, 0.1) is 11.6 Å². The van der Waals surface area contributed by atoms with Crippen LogP contribution in [-0.2, 0) is 0 Å². The molecule has 1 aromatic carbocycles. The monoisotopic (exact) mass is 366 g/mol. The highest BCUT2D eigenvalue weighted by Crippen LogP contribution is 2.26. The molecular weight excluding hydrogens is 358 g/mol. The summed E-state index contributed by atoms with van der Waals surface area (Å²) in [6, 6.07) is 4.14. The molecule has 0 saturated heterocycles. The smallest absolute Gasteiger partial charge is 0.166 e. The molecule has 0 fully saturated rings. The van der Waals surface area contributed by atoms with Gasteiger partial charge in [0.2, 0.25) is 0 Å². The molecule has 3 rings (SSSR count). The zero-order chi connectivity index (χ0) is 15.7. The normalized spacial score (nSPS) is 10.7. The van der Waals surface area contributed by atoms with Crippen molar-refractivity contribution in [3.8, 4) is 22.7 Å². The van der Waals surface area contributed by atoms with Crippen LogP contribution in [0.2, 0.25) is 0 Å². The Kier molecular flexibility index (Phi) is 3.84. The van der Waals surface area contributed by atoms with E-state index in [2.05, 4.69) is 31.2 Å². The van der Waals surface area contributed by atoms with Crippen molar-refractivity contribution in [3.05, 3.63) is 52.9 Å². The largest absolute Gasteiger partial charge is 0.495 e. The fourth-order valence-corrected chi connectivity index (χ4v) is 2.22. The van der Waals surface area contributed by atoms with Crippen LogP contribution in [0.15, 0.2) is 41.3 Å². The maximum absolute atomic E-state index is 14.1. The predicted octanol–water partition coefficient (Wildman–Crippen LogP) is 3.38. The van der Waals surface area contributed by atoms with Crippen LogP contribution in [0.5, 0.6) is 5.75 Å². The Hall–Kier alpha value is -2.35. The molecule has 0 N–H and O–H groups in total. The molecule has 0 radical (unpaired) electrons. The van der Waals surface area contributed by atoms with Gasteiger partial charge in [0.15, 0.2) is 11.6 Å². The predicted molar refractivity (Wildman–Crippen MR) is 78.8 cm³/mol. The van der Waals surface area contributed by atoms with Crippen molar-refractivity contribution in [3.63, 3.8) is 0 Å². The Morgan fingerprint density at radius 2 is 2.05 bits per heavy atom. The van der Waals surface area contributed by atoms with Gasteiger partial charge in [0.1, 0.15) is 17.1 Å². The number of halogens is 3. The van der Waals surface area contributed by atoms with E-state index in [1.165, 1.54) is 19.4 Å². The van der Waals surface area contributed by atoms with Gasteiger partial charge in [-0.05, 0) is 34.1 Å². The van der Waals surface area contributed by atoms with Crippen LogP contribution in [0.4, 0.5) is 8.78 Å². The number of rotatable bonds is 3. The Bertz CT molecular complexity index is 837. The second-order valence-corrected chi connectivity index (χ2v) is 5.21. The van der Waals surface area contributed by atoms with Gasteiger partial charge in [-0.25, -0.2) is 13.5 Å². The summed E-state index contributed by atoms with van der Waals surface area (Å²) in [5, 5.41) is 7.70. The maximum atomic E-state index is 14.1. The second-order valence-electron chi connectivity index (χ2n) is 4.35. The molecule has 0 aliphatic rings. The minimum atomic E-state index is -0.750. The third-order valence-corrected chi connectivity index (χ3v) is 3.60. The number of methoxy groups -OCH3 is 1. The van der Waals surface area contributed by atoms with E-state index in [1.54, 1.807) is 18.5 Å². The summed E-state index contributed by atoms with van der Waals surface area (Å²) in [4.78, 5) is 4.01. The van der Waals surface area contributed by atoms with Gasteiger partial charge in [0, 0.05) is 11.8 Å². The highest BCUT2D eigenvalue weighted by Gasteiger charge is 2.16. The lowest BCUT2D eigenvalue weighted by Crippen LogP contribution is -2.03. The lowest BCUT2D eigenvalue weighted by molar-refractivity contribution is 0.413. The van der Waals surface area contributed by atoms with E-state index in [-0.39, 0.29) is 10.2 Å². The van der Waals surface area contributed by atoms with Crippen molar-refractivity contribution in [2.24, 2.45) is 0 Å². The van der Waals surface area contributed by atoms with Crippen LogP contribution >= 0.6 is 15.9 Å². The minimum absolute atomic E-state index is 0.143. The first kappa shape index (κ1) is 14.6. The molecule has 112 valence electrons. The van der Waals surface area contributed by atoms with Crippen molar-refractivity contribution < 1.29 is 13.5 Å². The van der Waals surface area contributed by atoms with E-state index >= 15 is 0 Å². The van der Waals surface area contributed by atoms with Gasteiger partial charge in [-0.2, -0.15) is 0 Å². The minimum Gasteiger partial charge on any atom is -0.495 e. The topological polar surface area (TPSA) is 52.8 Å². The number of ether oxygens (including phenoxy) is 1. The zero-order valence-corrected chi connectivity index (χ0v) is 12.9. The molecule has 0 atom stereocenters. The van der Waals surface area contributed by atoms with Gasteiger partial charge >= 0.3 is 0 Å². The van der Waals surface area contributed by atoms with Gasteiger partial charge in [-0.15, -0.1) is 5.10 Å². The van der Waals surface area contributed by atoms with Gasteiger partial charge in [-0.3, -0.25) is 4.98 Å². The fraction of sp³-hybridized carbons (Fsp3) is 0.0714. The zero-order valence-electron chi connectivity index (χ0n) is 11.3. The molecule has 0 unspecified atom stereocenters. The quantitative estimate of drug-likeness (QED) is 0.666. The van der Waals surface area contributed by atoms with Gasteiger partial charge in [0.05, 0.1) is 24.0 Å². The molecule has 0 saturated carbocycles. The SMILES string of the molecule is COc1cncc(-c2cn(-c3c(F)ccc(Br)c3F)nn2)c1. The van der Waals surface area contributed by atoms with Crippen molar-refractivity contribution >= 4 is 15.9 Å². The molecule has 0 spiro atoms. The molecule has 0 bridgehead atoms. The Morgan fingerprint density at radius 3 is 2.82 bits per heavy atom. The summed E-state index contributed by atoms with van der Waals surface area (Å²) in [6.45, 7) is 0. The number of pyridine rings is 1. The van der Waals surface area contributed by atoms with E-state index in [4.69, 9.17) is 4.74 Å². The van der Waals surface area contributed by atoms with Crippen LogP contribution < -0.4 is 4.74 Å². The second kappa shape index (κ2) is 5.80. The van der Waals surface area contributed by atoms with Gasteiger partial charge in [0.25, 0.3) is 0 Å². The molecule has 0 aliphatic heterocycles. The number of benzene rings is 1. The first-order valence-electron chi connectivity index (χ1n) is 6.16. The summed E-state index contributed by atoms with van der Waals surface area (Å²) in [5.41, 5.74) is 0.746. The molecule has 0 aliphatic carbocycles.